The minimum Gasteiger partial charge on any atom is -0.370 e. The van der Waals surface area contributed by atoms with Crippen LogP contribution in [0.25, 0.3) is 0 Å². The topological polar surface area (TPSA) is 149 Å². The first-order chi connectivity index (χ1) is 13.2. The molecule has 2 amide bonds. The minimum atomic E-state index is -0.773. The van der Waals surface area contributed by atoms with Crippen molar-refractivity contribution in [3.05, 3.63) is 29.8 Å². The van der Waals surface area contributed by atoms with Gasteiger partial charge in [-0.25, -0.2) is 4.99 Å². The Hall–Kier alpha value is -2.94. The standard InChI is InChI=1S/C19H27N5O4/c1-10(2)8-14(18(27)24-16-11(3)28-9-15(16)25)23-17(26)12-4-6-13(7-5-12)22-19(20)21/h4-7,10-11,14,16H,8-9H2,1-3H3,(H,23,26)(H,24,27)(H4,20,21,22)/t11-,14?,16+/m1/s1. The molecule has 0 radical (unpaired) electrons. The number of Topliss-reactive ketones (excluding diaryl/α,β-unsaturated/α-hetero) is 1. The first-order valence-electron chi connectivity index (χ1n) is 9.12. The Morgan fingerprint density at radius 1 is 1.25 bits per heavy atom. The number of hydrogen-bond acceptors (Lipinski definition) is 5. The minimum absolute atomic E-state index is 0.0184. The van der Waals surface area contributed by atoms with Crippen molar-refractivity contribution < 1.29 is 19.1 Å². The molecule has 1 fully saturated rings. The van der Waals surface area contributed by atoms with Crippen molar-refractivity contribution in [2.75, 3.05) is 6.61 Å². The molecule has 1 aliphatic heterocycles. The molecular weight excluding hydrogens is 362 g/mol. The van der Waals surface area contributed by atoms with Crippen LogP contribution < -0.4 is 22.1 Å². The Bertz CT molecular complexity index is 756. The average Bonchev–Trinajstić information content (AvgIpc) is 2.92. The predicted octanol–water partition coefficient (Wildman–Crippen LogP) is 0.209. The van der Waals surface area contributed by atoms with Crippen molar-refractivity contribution in [1.29, 1.82) is 0 Å². The summed E-state index contributed by atoms with van der Waals surface area (Å²) in [5.41, 5.74) is 11.5. The third-order valence-electron chi connectivity index (χ3n) is 4.32. The number of ether oxygens (including phenoxy) is 1. The average molecular weight is 389 g/mol. The molecule has 152 valence electrons. The zero-order valence-electron chi connectivity index (χ0n) is 16.3. The second-order valence-electron chi connectivity index (χ2n) is 7.21. The fourth-order valence-electron chi connectivity index (χ4n) is 2.89. The first kappa shape index (κ1) is 21.4. The highest BCUT2D eigenvalue weighted by molar-refractivity contribution is 5.99. The number of carbonyl (C=O) groups is 3. The molecule has 1 unspecified atom stereocenters. The van der Waals surface area contributed by atoms with E-state index in [-0.39, 0.29) is 24.3 Å². The van der Waals surface area contributed by atoms with Gasteiger partial charge < -0.3 is 26.8 Å². The van der Waals surface area contributed by atoms with Crippen LogP contribution in [-0.2, 0) is 14.3 Å². The van der Waals surface area contributed by atoms with Gasteiger partial charge in [0, 0.05) is 5.56 Å². The van der Waals surface area contributed by atoms with Crippen molar-refractivity contribution in [3.63, 3.8) is 0 Å². The molecule has 1 aromatic rings. The van der Waals surface area contributed by atoms with Gasteiger partial charge in [-0.05, 0) is 43.5 Å². The van der Waals surface area contributed by atoms with Crippen LogP contribution in [0.4, 0.5) is 5.69 Å². The molecule has 0 spiro atoms. The Labute approximate surface area is 163 Å². The molecule has 1 aromatic carbocycles. The van der Waals surface area contributed by atoms with E-state index in [1.807, 2.05) is 13.8 Å². The van der Waals surface area contributed by atoms with E-state index in [9.17, 15) is 14.4 Å². The van der Waals surface area contributed by atoms with E-state index in [0.29, 0.717) is 17.7 Å². The molecule has 1 saturated heterocycles. The lowest BCUT2D eigenvalue weighted by Crippen LogP contribution is -2.53. The number of rotatable bonds is 7. The van der Waals surface area contributed by atoms with E-state index in [4.69, 9.17) is 16.2 Å². The maximum absolute atomic E-state index is 12.7. The van der Waals surface area contributed by atoms with E-state index >= 15 is 0 Å². The molecule has 2 rings (SSSR count). The van der Waals surface area contributed by atoms with E-state index in [2.05, 4.69) is 15.6 Å². The molecular formula is C19H27N5O4. The van der Waals surface area contributed by atoms with Gasteiger partial charge in [0.15, 0.2) is 11.7 Å². The fraction of sp³-hybridized carbons (Fsp3) is 0.474. The Morgan fingerprint density at radius 3 is 2.39 bits per heavy atom. The highest BCUT2D eigenvalue weighted by Crippen LogP contribution is 2.14. The fourth-order valence-corrected chi connectivity index (χ4v) is 2.89. The van der Waals surface area contributed by atoms with Crippen molar-refractivity contribution in [2.24, 2.45) is 22.4 Å². The summed E-state index contributed by atoms with van der Waals surface area (Å²) >= 11 is 0. The number of benzene rings is 1. The summed E-state index contributed by atoms with van der Waals surface area (Å²) in [4.78, 5) is 41.0. The zero-order valence-corrected chi connectivity index (χ0v) is 16.3. The quantitative estimate of drug-likeness (QED) is 0.387. The molecule has 0 bridgehead atoms. The number of ketones is 1. The predicted molar refractivity (Wildman–Crippen MR) is 105 cm³/mol. The van der Waals surface area contributed by atoms with Crippen LogP contribution in [0.3, 0.4) is 0 Å². The largest absolute Gasteiger partial charge is 0.370 e. The third-order valence-corrected chi connectivity index (χ3v) is 4.32. The molecule has 1 aliphatic rings. The van der Waals surface area contributed by atoms with Gasteiger partial charge in [-0.3, -0.25) is 14.4 Å². The number of hydrogen-bond donors (Lipinski definition) is 4. The summed E-state index contributed by atoms with van der Waals surface area (Å²) in [5.74, 6) is -0.904. The van der Waals surface area contributed by atoms with E-state index < -0.39 is 30.0 Å². The summed E-state index contributed by atoms with van der Waals surface area (Å²) in [6, 6.07) is 4.86. The van der Waals surface area contributed by atoms with Crippen molar-refractivity contribution in [1.82, 2.24) is 10.6 Å². The Kier molecular flexibility index (Phi) is 7.11. The summed E-state index contributed by atoms with van der Waals surface area (Å²) in [5, 5.41) is 5.44. The summed E-state index contributed by atoms with van der Waals surface area (Å²) in [7, 11) is 0. The number of amides is 2. The summed E-state index contributed by atoms with van der Waals surface area (Å²) in [6.07, 6.45) is 0.0368. The molecule has 3 atom stereocenters. The van der Waals surface area contributed by atoms with E-state index in [1.54, 1.807) is 31.2 Å². The van der Waals surface area contributed by atoms with Crippen LogP contribution in [0.1, 0.15) is 37.6 Å². The van der Waals surface area contributed by atoms with Crippen molar-refractivity contribution in [2.45, 2.75) is 45.4 Å². The highest BCUT2D eigenvalue weighted by Gasteiger charge is 2.35. The molecule has 0 saturated carbocycles. The molecule has 6 N–H and O–H groups in total. The van der Waals surface area contributed by atoms with E-state index in [0.717, 1.165) is 0 Å². The van der Waals surface area contributed by atoms with Crippen LogP contribution in [0.15, 0.2) is 29.3 Å². The number of nitrogens with two attached hydrogens (primary N) is 2. The monoisotopic (exact) mass is 389 g/mol. The van der Waals surface area contributed by atoms with Gasteiger partial charge in [-0.1, -0.05) is 13.8 Å². The lowest BCUT2D eigenvalue weighted by Gasteiger charge is -2.23. The lowest BCUT2D eigenvalue weighted by atomic mass is 10.0. The van der Waals surface area contributed by atoms with Crippen LogP contribution in [0, 0.1) is 5.92 Å². The molecule has 28 heavy (non-hydrogen) atoms. The van der Waals surface area contributed by atoms with Gasteiger partial charge in [0.25, 0.3) is 5.91 Å². The second kappa shape index (κ2) is 9.32. The number of guanidine groups is 1. The zero-order chi connectivity index (χ0) is 20.8. The van der Waals surface area contributed by atoms with Gasteiger partial charge >= 0.3 is 0 Å². The summed E-state index contributed by atoms with van der Waals surface area (Å²) < 4.78 is 5.25. The van der Waals surface area contributed by atoms with Gasteiger partial charge in [0.2, 0.25) is 5.91 Å². The summed E-state index contributed by atoms with van der Waals surface area (Å²) in [6.45, 7) is 5.60. The first-order valence-corrected chi connectivity index (χ1v) is 9.12. The molecule has 9 heteroatoms. The van der Waals surface area contributed by atoms with Crippen LogP contribution >= 0.6 is 0 Å². The molecule has 1 heterocycles. The smallest absolute Gasteiger partial charge is 0.251 e. The number of aliphatic imine (C=N–C) groups is 1. The van der Waals surface area contributed by atoms with E-state index in [1.165, 1.54) is 0 Å². The Balaban J connectivity index is 2.08. The van der Waals surface area contributed by atoms with Crippen LogP contribution in [-0.4, -0.2) is 48.4 Å². The second-order valence-corrected chi connectivity index (χ2v) is 7.21. The van der Waals surface area contributed by atoms with Crippen LogP contribution in [0.2, 0.25) is 0 Å². The highest BCUT2D eigenvalue weighted by atomic mass is 16.5. The van der Waals surface area contributed by atoms with Crippen molar-refractivity contribution >= 4 is 29.2 Å². The number of nitrogens with one attached hydrogen (secondary N) is 2. The van der Waals surface area contributed by atoms with Crippen LogP contribution in [0.5, 0.6) is 0 Å². The lowest BCUT2D eigenvalue weighted by molar-refractivity contribution is -0.127. The van der Waals surface area contributed by atoms with Gasteiger partial charge in [0.1, 0.15) is 18.7 Å². The van der Waals surface area contributed by atoms with Crippen molar-refractivity contribution in [3.8, 4) is 0 Å². The molecule has 9 nitrogen and oxygen atoms in total. The maximum atomic E-state index is 12.7. The Morgan fingerprint density at radius 2 is 1.89 bits per heavy atom. The molecule has 0 aromatic heterocycles. The number of nitrogens with zero attached hydrogens (tertiary/aromatic N) is 1. The van der Waals surface area contributed by atoms with Gasteiger partial charge in [-0.15, -0.1) is 0 Å². The maximum Gasteiger partial charge on any atom is 0.251 e. The van der Waals surface area contributed by atoms with Gasteiger partial charge in [0.05, 0.1) is 11.8 Å². The van der Waals surface area contributed by atoms with Gasteiger partial charge in [-0.2, -0.15) is 0 Å². The SMILES string of the molecule is CC(C)CC(NC(=O)c1ccc(N=C(N)N)cc1)C(=O)N[C@@H]1C(=O)CO[C@@H]1C. The number of carbonyl (C=O) groups excluding carboxylic acids is 3. The normalized spacial score (nSPS) is 19.9. The molecule has 0 aliphatic carbocycles. The third kappa shape index (κ3) is 5.78.